The molecular weight excluding hydrogens is 450 g/mol. The van der Waals surface area contributed by atoms with Gasteiger partial charge in [0.2, 0.25) is 0 Å². The van der Waals surface area contributed by atoms with Gasteiger partial charge >= 0.3 is 6.18 Å². The first-order chi connectivity index (χ1) is 16.1. The smallest absolute Gasteiger partial charge is 0.206 e. The molecule has 0 aromatic heterocycles. The van der Waals surface area contributed by atoms with Crippen molar-refractivity contribution >= 4 is 10.8 Å². The van der Waals surface area contributed by atoms with Crippen molar-refractivity contribution in [3.8, 4) is 23.7 Å². The summed E-state index contributed by atoms with van der Waals surface area (Å²) in [6.45, 7) is 2.28. The SMILES string of the molecule is CC1CCC(C#CC2CCC(c3cc(F)c4c(F)c(C#CC(F)(F)F)c(F)cc4c3)CC2)CC1. The first-order valence-corrected chi connectivity index (χ1v) is 11.8. The van der Waals surface area contributed by atoms with Crippen molar-refractivity contribution in [1.82, 2.24) is 0 Å². The van der Waals surface area contributed by atoms with Crippen LogP contribution in [0.15, 0.2) is 18.2 Å². The number of rotatable bonds is 1. The lowest BCUT2D eigenvalue weighted by molar-refractivity contribution is -0.0696. The zero-order valence-electron chi connectivity index (χ0n) is 19.0. The molecule has 180 valence electrons. The third-order valence-electron chi connectivity index (χ3n) is 7.14. The lowest BCUT2D eigenvalue weighted by Gasteiger charge is -2.27. The zero-order chi connectivity index (χ0) is 24.5. The number of hydrogen-bond donors (Lipinski definition) is 0. The number of benzene rings is 2. The summed E-state index contributed by atoms with van der Waals surface area (Å²) in [6.07, 6.45) is 3.25. The molecule has 34 heavy (non-hydrogen) atoms. The molecule has 2 aliphatic rings. The molecule has 4 rings (SSSR count). The molecule has 0 amide bonds. The molecule has 0 heterocycles. The summed E-state index contributed by atoms with van der Waals surface area (Å²) < 4.78 is 80.9. The van der Waals surface area contributed by atoms with Crippen LogP contribution in [0.25, 0.3) is 10.8 Å². The van der Waals surface area contributed by atoms with Gasteiger partial charge in [0.05, 0.1) is 10.9 Å². The van der Waals surface area contributed by atoms with E-state index in [0.717, 1.165) is 56.4 Å². The van der Waals surface area contributed by atoms with Crippen molar-refractivity contribution in [2.45, 2.75) is 70.4 Å². The molecule has 0 unspecified atom stereocenters. The van der Waals surface area contributed by atoms with Gasteiger partial charge in [-0.2, -0.15) is 13.2 Å². The molecule has 0 saturated heterocycles. The van der Waals surface area contributed by atoms with Crippen molar-refractivity contribution in [3.63, 3.8) is 0 Å². The van der Waals surface area contributed by atoms with E-state index in [9.17, 15) is 26.3 Å². The van der Waals surface area contributed by atoms with Gasteiger partial charge in [-0.1, -0.05) is 30.8 Å². The number of halogens is 6. The summed E-state index contributed by atoms with van der Waals surface area (Å²) in [5.74, 6) is 7.26. The summed E-state index contributed by atoms with van der Waals surface area (Å²) in [5, 5.41) is -0.561. The van der Waals surface area contributed by atoms with Crippen LogP contribution in [0.5, 0.6) is 0 Å². The molecule has 6 heteroatoms. The van der Waals surface area contributed by atoms with Gasteiger partial charge in [0.1, 0.15) is 11.6 Å². The van der Waals surface area contributed by atoms with Gasteiger partial charge in [0.25, 0.3) is 0 Å². The predicted octanol–water partition coefficient (Wildman–Crippen LogP) is 8.27. The molecule has 0 spiro atoms. The fraction of sp³-hybridized carbons (Fsp3) is 0.500. The van der Waals surface area contributed by atoms with Crippen LogP contribution in [-0.2, 0) is 0 Å². The van der Waals surface area contributed by atoms with Gasteiger partial charge < -0.3 is 0 Å². The van der Waals surface area contributed by atoms with Crippen molar-refractivity contribution < 1.29 is 26.3 Å². The molecule has 2 saturated carbocycles. The van der Waals surface area contributed by atoms with Gasteiger partial charge in [-0.25, -0.2) is 13.2 Å². The highest BCUT2D eigenvalue weighted by molar-refractivity contribution is 5.86. The van der Waals surface area contributed by atoms with Crippen LogP contribution in [0.4, 0.5) is 26.3 Å². The van der Waals surface area contributed by atoms with Crippen LogP contribution in [-0.4, -0.2) is 6.18 Å². The van der Waals surface area contributed by atoms with Crippen LogP contribution in [0.1, 0.15) is 75.3 Å². The molecule has 0 bridgehead atoms. The largest absolute Gasteiger partial charge is 0.458 e. The maximum Gasteiger partial charge on any atom is 0.458 e. The van der Waals surface area contributed by atoms with E-state index in [1.54, 1.807) is 0 Å². The van der Waals surface area contributed by atoms with Crippen LogP contribution in [0.2, 0.25) is 0 Å². The second-order valence-corrected chi connectivity index (χ2v) is 9.69. The van der Waals surface area contributed by atoms with Gasteiger partial charge in [0, 0.05) is 17.8 Å². The summed E-state index contributed by atoms with van der Waals surface area (Å²) in [5.41, 5.74) is -0.436. The zero-order valence-corrected chi connectivity index (χ0v) is 19.0. The van der Waals surface area contributed by atoms with Crippen molar-refractivity contribution in [3.05, 3.63) is 46.8 Å². The number of alkyl halides is 3. The molecule has 2 aromatic carbocycles. The Hall–Kier alpha value is -2.60. The fourth-order valence-corrected chi connectivity index (χ4v) is 5.13. The van der Waals surface area contributed by atoms with E-state index in [4.69, 9.17) is 0 Å². The Morgan fingerprint density at radius 3 is 1.94 bits per heavy atom. The van der Waals surface area contributed by atoms with E-state index < -0.39 is 34.6 Å². The van der Waals surface area contributed by atoms with E-state index in [0.29, 0.717) is 17.4 Å². The van der Waals surface area contributed by atoms with Crippen molar-refractivity contribution in [1.29, 1.82) is 0 Å². The molecule has 0 N–H and O–H groups in total. The standard InChI is InChI=1S/C28H26F6/c1-17-2-4-18(5-3-17)6-7-19-8-10-20(11-9-19)21-14-22-16-24(29)23(12-13-28(32,33)34)27(31)26(22)25(30)15-21/h14-20H,2-5,8-11H2,1H3. The number of fused-ring (bicyclic) bond motifs is 1. The minimum atomic E-state index is -4.91. The Bertz CT molecular complexity index is 1170. The second kappa shape index (κ2) is 9.95. The molecule has 0 nitrogen and oxygen atoms in total. The van der Waals surface area contributed by atoms with Crippen LogP contribution in [0, 0.1) is 58.9 Å². The summed E-state index contributed by atoms with van der Waals surface area (Å²) in [4.78, 5) is 0. The van der Waals surface area contributed by atoms with Gasteiger partial charge in [-0.05, 0) is 86.3 Å². The summed E-state index contributed by atoms with van der Waals surface area (Å²) >= 11 is 0. The highest BCUT2D eigenvalue weighted by Crippen LogP contribution is 2.38. The average molecular weight is 477 g/mol. The first-order valence-electron chi connectivity index (χ1n) is 11.8. The molecule has 0 radical (unpaired) electrons. The van der Waals surface area contributed by atoms with Gasteiger partial charge in [-0.3, -0.25) is 0 Å². The lowest BCUT2D eigenvalue weighted by Crippen LogP contribution is -2.14. The van der Waals surface area contributed by atoms with E-state index in [2.05, 4.69) is 18.8 Å². The maximum absolute atomic E-state index is 14.8. The van der Waals surface area contributed by atoms with Crippen LogP contribution in [0.3, 0.4) is 0 Å². The fourth-order valence-electron chi connectivity index (χ4n) is 5.13. The Morgan fingerprint density at radius 2 is 1.35 bits per heavy atom. The molecule has 0 aliphatic heterocycles. The summed E-state index contributed by atoms with van der Waals surface area (Å²) in [6, 6.07) is 3.60. The minimum Gasteiger partial charge on any atom is -0.206 e. The highest BCUT2D eigenvalue weighted by Gasteiger charge is 2.26. The Balaban J connectivity index is 1.50. The highest BCUT2D eigenvalue weighted by atomic mass is 19.4. The quantitative estimate of drug-likeness (QED) is 0.287. The third kappa shape index (κ3) is 5.72. The third-order valence-corrected chi connectivity index (χ3v) is 7.14. The normalized spacial score (nSPS) is 25.3. The van der Waals surface area contributed by atoms with E-state index in [-0.39, 0.29) is 11.3 Å². The topological polar surface area (TPSA) is 0 Å². The molecule has 2 fully saturated rings. The lowest BCUT2D eigenvalue weighted by atomic mass is 9.78. The molecule has 2 aliphatic carbocycles. The Kier molecular flexibility index (Phi) is 7.17. The molecule has 2 aromatic rings. The van der Waals surface area contributed by atoms with E-state index in [1.165, 1.54) is 30.9 Å². The molecule has 0 atom stereocenters. The predicted molar refractivity (Wildman–Crippen MR) is 120 cm³/mol. The Morgan fingerprint density at radius 1 is 0.765 bits per heavy atom. The van der Waals surface area contributed by atoms with Crippen LogP contribution >= 0.6 is 0 Å². The monoisotopic (exact) mass is 476 g/mol. The van der Waals surface area contributed by atoms with E-state index in [1.807, 2.05) is 0 Å². The van der Waals surface area contributed by atoms with E-state index >= 15 is 0 Å². The van der Waals surface area contributed by atoms with Crippen LogP contribution < -0.4 is 0 Å². The van der Waals surface area contributed by atoms with Gasteiger partial charge in [0.15, 0.2) is 5.82 Å². The van der Waals surface area contributed by atoms with Crippen molar-refractivity contribution in [2.75, 3.05) is 0 Å². The minimum absolute atomic E-state index is 0.0176. The second-order valence-electron chi connectivity index (χ2n) is 9.69. The van der Waals surface area contributed by atoms with Gasteiger partial charge in [-0.15, -0.1) is 0 Å². The summed E-state index contributed by atoms with van der Waals surface area (Å²) in [7, 11) is 0. The first kappa shape index (κ1) is 24.5. The number of hydrogen-bond acceptors (Lipinski definition) is 0. The average Bonchev–Trinajstić information content (AvgIpc) is 2.77. The Labute approximate surface area is 196 Å². The molecular formula is C28H26F6. The van der Waals surface area contributed by atoms with Crippen molar-refractivity contribution in [2.24, 2.45) is 17.8 Å². The maximum atomic E-state index is 14.8.